The monoisotopic (exact) mass is 264 g/mol. The standard InChI is InChI=1S/C13H10ClFN2O/c1-16-10-6-7-11(14)17-12(10)13(18)8-4-2-3-5-9(8)15/h2-7,16H,1H3. The summed E-state index contributed by atoms with van der Waals surface area (Å²) in [6, 6.07) is 8.96. The SMILES string of the molecule is CNc1ccc(Cl)nc1C(=O)c1ccccc1F. The molecule has 0 fully saturated rings. The van der Waals surface area contributed by atoms with Gasteiger partial charge in [0, 0.05) is 7.05 Å². The predicted molar refractivity (Wildman–Crippen MR) is 68.6 cm³/mol. The largest absolute Gasteiger partial charge is 0.386 e. The number of halogens is 2. The lowest BCUT2D eigenvalue weighted by atomic mass is 10.1. The van der Waals surface area contributed by atoms with Gasteiger partial charge in [-0.25, -0.2) is 9.37 Å². The maximum atomic E-state index is 13.6. The smallest absolute Gasteiger partial charge is 0.216 e. The first-order valence-corrected chi connectivity index (χ1v) is 5.65. The molecule has 0 aliphatic rings. The lowest BCUT2D eigenvalue weighted by Gasteiger charge is -2.08. The van der Waals surface area contributed by atoms with Crippen LogP contribution in [0.15, 0.2) is 36.4 Å². The van der Waals surface area contributed by atoms with Crippen LogP contribution in [0.1, 0.15) is 16.1 Å². The van der Waals surface area contributed by atoms with E-state index in [1.165, 1.54) is 18.2 Å². The van der Waals surface area contributed by atoms with Gasteiger partial charge in [0.15, 0.2) is 0 Å². The quantitative estimate of drug-likeness (QED) is 0.684. The van der Waals surface area contributed by atoms with Gasteiger partial charge in [0.25, 0.3) is 0 Å². The molecule has 2 rings (SSSR count). The van der Waals surface area contributed by atoms with Crippen molar-refractivity contribution in [1.29, 1.82) is 0 Å². The molecule has 1 aromatic carbocycles. The summed E-state index contributed by atoms with van der Waals surface area (Å²) in [4.78, 5) is 16.1. The molecule has 0 radical (unpaired) electrons. The van der Waals surface area contributed by atoms with E-state index in [0.717, 1.165) is 0 Å². The molecule has 0 aliphatic carbocycles. The number of nitrogens with one attached hydrogen (secondary N) is 1. The van der Waals surface area contributed by atoms with Crippen LogP contribution in [0.25, 0.3) is 0 Å². The van der Waals surface area contributed by atoms with E-state index in [2.05, 4.69) is 10.3 Å². The molecule has 1 aromatic heterocycles. The first kappa shape index (κ1) is 12.5. The van der Waals surface area contributed by atoms with Crippen LogP contribution >= 0.6 is 11.6 Å². The second-order valence-corrected chi connectivity index (χ2v) is 3.98. The van der Waals surface area contributed by atoms with Crippen LogP contribution in [0.4, 0.5) is 10.1 Å². The summed E-state index contributed by atoms with van der Waals surface area (Å²) in [5.74, 6) is -1.08. The molecule has 3 nitrogen and oxygen atoms in total. The zero-order valence-corrected chi connectivity index (χ0v) is 10.3. The summed E-state index contributed by atoms with van der Waals surface area (Å²) in [5, 5.41) is 3.02. The van der Waals surface area contributed by atoms with E-state index in [1.54, 1.807) is 25.2 Å². The number of hydrogen-bond donors (Lipinski definition) is 1. The van der Waals surface area contributed by atoms with Gasteiger partial charge in [-0.05, 0) is 24.3 Å². The number of aromatic nitrogens is 1. The van der Waals surface area contributed by atoms with Crippen molar-refractivity contribution in [3.05, 3.63) is 58.6 Å². The van der Waals surface area contributed by atoms with Crippen molar-refractivity contribution in [3.8, 4) is 0 Å². The number of benzene rings is 1. The summed E-state index contributed by atoms with van der Waals surface area (Å²) in [6.45, 7) is 0. The zero-order valence-electron chi connectivity index (χ0n) is 9.58. The van der Waals surface area contributed by atoms with Gasteiger partial charge in [0.2, 0.25) is 5.78 Å². The molecule has 5 heteroatoms. The van der Waals surface area contributed by atoms with E-state index in [4.69, 9.17) is 11.6 Å². The van der Waals surface area contributed by atoms with Gasteiger partial charge in [-0.3, -0.25) is 4.79 Å². The van der Waals surface area contributed by atoms with Crippen LogP contribution in [-0.2, 0) is 0 Å². The number of ketones is 1. The number of nitrogens with zero attached hydrogens (tertiary/aromatic N) is 1. The molecular formula is C13H10ClFN2O. The van der Waals surface area contributed by atoms with Crippen molar-refractivity contribution in [2.24, 2.45) is 0 Å². The first-order valence-electron chi connectivity index (χ1n) is 5.27. The minimum Gasteiger partial charge on any atom is -0.386 e. The van der Waals surface area contributed by atoms with Gasteiger partial charge in [-0.2, -0.15) is 0 Å². The van der Waals surface area contributed by atoms with Crippen LogP contribution in [-0.4, -0.2) is 17.8 Å². The fourth-order valence-electron chi connectivity index (χ4n) is 1.58. The summed E-state index contributed by atoms with van der Waals surface area (Å²) in [5.41, 5.74) is 0.589. The van der Waals surface area contributed by atoms with Gasteiger partial charge in [0.05, 0.1) is 11.3 Å². The van der Waals surface area contributed by atoms with E-state index in [1.807, 2.05) is 0 Å². The Morgan fingerprint density at radius 3 is 2.67 bits per heavy atom. The molecule has 0 bridgehead atoms. The van der Waals surface area contributed by atoms with Crippen molar-refractivity contribution in [2.75, 3.05) is 12.4 Å². The third-order valence-electron chi connectivity index (χ3n) is 2.46. The second-order valence-electron chi connectivity index (χ2n) is 3.59. The lowest BCUT2D eigenvalue weighted by Crippen LogP contribution is -2.10. The Kier molecular flexibility index (Phi) is 3.58. The van der Waals surface area contributed by atoms with Gasteiger partial charge in [0.1, 0.15) is 16.7 Å². The molecular weight excluding hydrogens is 255 g/mol. The minimum atomic E-state index is -0.577. The van der Waals surface area contributed by atoms with Gasteiger partial charge >= 0.3 is 0 Å². The highest BCUT2D eigenvalue weighted by Gasteiger charge is 2.18. The first-order chi connectivity index (χ1) is 8.63. The number of anilines is 1. The zero-order chi connectivity index (χ0) is 13.1. The number of rotatable bonds is 3. The molecule has 2 aromatic rings. The fraction of sp³-hybridized carbons (Fsp3) is 0.0769. The van der Waals surface area contributed by atoms with Gasteiger partial charge < -0.3 is 5.32 Å². The molecule has 0 unspecified atom stereocenters. The van der Waals surface area contributed by atoms with E-state index < -0.39 is 11.6 Å². The molecule has 0 saturated heterocycles. The summed E-state index contributed by atoms with van der Waals surface area (Å²) in [7, 11) is 1.66. The third-order valence-corrected chi connectivity index (χ3v) is 2.67. The maximum absolute atomic E-state index is 13.6. The summed E-state index contributed by atoms with van der Waals surface area (Å²) in [6.07, 6.45) is 0. The van der Waals surface area contributed by atoms with Crippen molar-refractivity contribution >= 4 is 23.1 Å². The van der Waals surface area contributed by atoms with Crippen LogP contribution in [0, 0.1) is 5.82 Å². The van der Waals surface area contributed by atoms with E-state index in [-0.39, 0.29) is 16.4 Å². The van der Waals surface area contributed by atoms with Crippen molar-refractivity contribution in [3.63, 3.8) is 0 Å². The topological polar surface area (TPSA) is 42.0 Å². The average molecular weight is 265 g/mol. The highest BCUT2D eigenvalue weighted by atomic mass is 35.5. The Bertz CT molecular complexity index is 601. The molecule has 0 spiro atoms. The number of pyridine rings is 1. The number of carbonyl (C=O) groups is 1. The van der Waals surface area contributed by atoms with Crippen LogP contribution in [0.3, 0.4) is 0 Å². The van der Waals surface area contributed by atoms with E-state index >= 15 is 0 Å². The Morgan fingerprint density at radius 2 is 2.00 bits per heavy atom. The van der Waals surface area contributed by atoms with Crippen LogP contribution in [0.2, 0.25) is 5.15 Å². The van der Waals surface area contributed by atoms with E-state index in [9.17, 15) is 9.18 Å². The second kappa shape index (κ2) is 5.14. The maximum Gasteiger partial charge on any atom is 0.216 e. The Balaban J connectivity index is 2.52. The molecule has 0 aliphatic heterocycles. The Hall–Kier alpha value is -1.94. The minimum absolute atomic E-state index is 0.0243. The fourth-order valence-corrected chi connectivity index (χ4v) is 1.73. The Morgan fingerprint density at radius 1 is 1.28 bits per heavy atom. The van der Waals surface area contributed by atoms with Crippen molar-refractivity contribution < 1.29 is 9.18 Å². The molecule has 0 atom stereocenters. The molecule has 1 N–H and O–H groups in total. The molecule has 0 saturated carbocycles. The molecule has 0 amide bonds. The van der Waals surface area contributed by atoms with E-state index in [0.29, 0.717) is 5.69 Å². The Labute approximate surface area is 109 Å². The highest BCUT2D eigenvalue weighted by Crippen LogP contribution is 2.20. The van der Waals surface area contributed by atoms with Crippen molar-refractivity contribution in [1.82, 2.24) is 4.98 Å². The average Bonchev–Trinajstić information content (AvgIpc) is 2.38. The molecule has 18 heavy (non-hydrogen) atoms. The normalized spacial score (nSPS) is 10.2. The van der Waals surface area contributed by atoms with Crippen LogP contribution < -0.4 is 5.32 Å². The van der Waals surface area contributed by atoms with Gasteiger partial charge in [-0.1, -0.05) is 23.7 Å². The number of carbonyl (C=O) groups excluding carboxylic acids is 1. The van der Waals surface area contributed by atoms with Crippen molar-refractivity contribution in [2.45, 2.75) is 0 Å². The lowest BCUT2D eigenvalue weighted by molar-refractivity contribution is 0.103. The summed E-state index contributed by atoms with van der Waals surface area (Å²) >= 11 is 5.76. The number of hydrogen-bond acceptors (Lipinski definition) is 3. The molecule has 92 valence electrons. The predicted octanol–water partition coefficient (Wildman–Crippen LogP) is 3.15. The third kappa shape index (κ3) is 2.33. The highest BCUT2D eigenvalue weighted by molar-refractivity contribution is 6.29. The van der Waals surface area contributed by atoms with Gasteiger partial charge in [-0.15, -0.1) is 0 Å². The molecule has 1 heterocycles. The van der Waals surface area contributed by atoms with Crippen LogP contribution in [0.5, 0.6) is 0 Å². The summed E-state index contributed by atoms with van der Waals surface area (Å²) < 4.78 is 13.6.